The number of aromatic nitrogens is 2. The molecule has 1 aliphatic rings. The summed E-state index contributed by atoms with van der Waals surface area (Å²) in [6.07, 6.45) is 3.55. The van der Waals surface area contributed by atoms with E-state index in [0.717, 1.165) is 31.3 Å². The van der Waals surface area contributed by atoms with Crippen LogP contribution in [0.5, 0.6) is 11.5 Å². The van der Waals surface area contributed by atoms with Gasteiger partial charge < -0.3 is 20.1 Å². The molecule has 2 aromatic carbocycles. The van der Waals surface area contributed by atoms with Crippen LogP contribution in [0.15, 0.2) is 36.7 Å². The molecule has 158 valence electrons. The van der Waals surface area contributed by atoms with E-state index in [9.17, 15) is 4.39 Å². The molecule has 2 N–H and O–H groups in total. The Balaban J connectivity index is 1.70. The first kappa shape index (κ1) is 20.6. The molecule has 0 aliphatic carbocycles. The molecule has 1 fully saturated rings. The third-order valence-electron chi connectivity index (χ3n) is 5.44. The van der Waals surface area contributed by atoms with Crippen LogP contribution in [0.2, 0.25) is 5.02 Å². The van der Waals surface area contributed by atoms with Crippen LogP contribution < -0.4 is 20.1 Å². The lowest BCUT2D eigenvalue weighted by molar-refractivity contribution is 0.0968. The van der Waals surface area contributed by atoms with Crippen molar-refractivity contribution < 1.29 is 13.9 Å². The van der Waals surface area contributed by atoms with Crippen molar-refractivity contribution in [1.29, 1.82) is 0 Å². The molecule has 0 spiro atoms. The molecule has 6 nitrogen and oxygen atoms in total. The number of nitrogens with one attached hydrogen (secondary N) is 2. The first-order valence-electron chi connectivity index (χ1n) is 10.0. The lowest BCUT2D eigenvalue weighted by Crippen LogP contribution is -2.42. The fourth-order valence-electron chi connectivity index (χ4n) is 3.75. The fraction of sp³-hybridized carbons (Fsp3) is 0.364. The monoisotopic (exact) mass is 430 g/mol. The maximum atomic E-state index is 13.5. The van der Waals surface area contributed by atoms with Crippen molar-refractivity contribution in [3.8, 4) is 11.5 Å². The summed E-state index contributed by atoms with van der Waals surface area (Å²) in [5.74, 6) is 1.83. The van der Waals surface area contributed by atoms with E-state index in [-0.39, 0.29) is 11.1 Å². The number of ether oxygens (including phenoxy) is 2. The van der Waals surface area contributed by atoms with Crippen molar-refractivity contribution in [3.05, 3.63) is 47.5 Å². The third-order valence-corrected chi connectivity index (χ3v) is 5.73. The Morgan fingerprint density at radius 1 is 1.23 bits per heavy atom. The van der Waals surface area contributed by atoms with Crippen LogP contribution in [-0.2, 0) is 0 Å². The van der Waals surface area contributed by atoms with E-state index in [1.165, 1.54) is 18.5 Å². The lowest BCUT2D eigenvalue weighted by atomic mass is 9.93. The van der Waals surface area contributed by atoms with Crippen LogP contribution in [0, 0.1) is 11.7 Å². The second kappa shape index (κ2) is 9.02. The van der Waals surface area contributed by atoms with E-state index in [2.05, 4.69) is 27.5 Å². The molecule has 1 aromatic heterocycles. The molecule has 4 rings (SSSR count). The summed E-state index contributed by atoms with van der Waals surface area (Å²) in [6, 6.07) is 8.19. The van der Waals surface area contributed by atoms with E-state index in [4.69, 9.17) is 21.1 Å². The summed E-state index contributed by atoms with van der Waals surface area (Å²) >= 11 is 5.91. The molecule has 0 radical (unpaired) electrons. The van der Waals surface area contributed by atoms with Gasteiger partial charge in [0, 0.05) is 29.6 Å². The molecule has 0 bridgehead atoms. The van der Waals surface area contributed by atoms with Gasteiger partial charge in [-0.3, -0.25) is 0 Å². The zero-order valence-electron chi connectivity index (χ0n) is 16.9. The fourth-order valence-corrected chi connectivity index (χ4v) is 3.93. The smallest absolute Gasteiger partial charge is 0.162 e. The van der Waals surface area contributed by atoms with Crippen LogP contribution in [0.3, 0.4) is 0 Å². The number of nitrogens with zero attached hydrogens (tertiary/aromatic N) is 2. The number of rotatable bonds is 6. The van der Waals surface area contributed by atoms with Gasteiger partial charge in [0.2, 0.25) is 0 Å². The third kappa shape index (κ3) is 4.27. The van der Waals surface area contributed by atoms with Crippen LogP contribution in [-0.4, -0.2) is 36.3 Å². The summed E-state index contributed by atoms with van der Waals surface area (Å²) < 4.78 is 25.5. The van der Waals surface area contributed by atoms with Gasteiger partial charge >= 0.3 is 0 Å². The lowest BCUT2D eigenvalue weighted by Gasteiger charge is -2.32. The predicted octanol–water partition coefficient (Wildman–Crippen LogP) is 4.94. The van der Waals surface area contributed by atoms with Crippen molar-refractivity contribution in [2.24, 2.45) is 5.92 Å². The maximum Gasteiger partial charge on any atom is 0.162 e. The molecular formula is C22H24ClFN4O2. The topological polar surface area (TPSA) is 68.3 Å². The Labute approximate surface area is 179 Å². The molecular weight excluding hydrogens is 407 g/mol. The number of benzene rings is 2. The van der Waals surface area contributed by atoms with Crippen LogP contribution in [0.1, 0.15) is 19.8 Å². The van der Waals surface area contributed by atoms with Gasteiger partial charge in [0.1, 0.15) is 24.1 Å². The number of anilines is 2. The van der Waals surface area contributed by atoms with Crippen molar-refractivity contribution in [2.45, 2.75) is 25.9 Å². The zero-order valence-corrected chi connectivity index (χ0v) is 17.7. The SMILES string of the molecule is CCC1CNCCC1Oc1cc2c(Nc3ccc(F)c(Cl)c3)ncnc2cc1OC. The largest absolute Gasteiger partial charge is 0.493 e. The number of halogens is 2. The summed E-state index contributed by atoms with van der Waals surface area (Å²) in [5.41, 5.74) is 1.34. The Bertz CT molecular complexity index is 1050. The summed E-state index contributed by atoms with van der Waals surface area (Å²) in [6.45, 7) is 4.05. The van der Waals surface area contributed by atoms with Crippen molar-refractivity contribution in [2.75, 3.05) is 25.5 Å². The van der Waals surface area contributed by atoms with Gasteiger partial charge in [0.15, 0.2) is 11.5 Å². The molecule has 1 saturated heterocycles. The average Bonchev–Trinajstić information content (AvgIpc) is 2.76. The maximum absolute atomic E-state index is 13.5. The Kier molecular flexibility index (Phi) is 6.20. The normalized spacial score (nSPS) is 18.9. The van der Waals surface area contributed by atoms with Gasteiger partial charge in [-0.15, -0.1) is 0 Å². The van der Waals surface area contributed by atoms with E-state index in [1.807, 2.05) is 12.1 Å². The highest BCUT2D eigenvalue weighted by molar-refractivity contribution is 6.31. The highest BCUT2D eigenvalue weighted by Crippen LogP contribution is 2.37. The Hall–Kier alpha value is -2.64. The zero-order chi connectivity index (χ0) is 21.1. The second-order valence-corrected chi connectivity index (χ2v) is 7.72. The van der Waals surface area contributed by atoms with Gasteiger partial charge in [-0.1, -0.05) is 18.5 Å². The Morgan fingerprint density at radius 2 is 2.10 bits per heavy atom. The minimum absolute atomic E-state index is 0.0422. The minimum atomic E-state index is -0.470. The second-order valence-electron chi connectivity index (χ2n) is 7.31. The summed E-state index contributed by atoms with van der Waals surface area (Å²) in [7, 11) is 1.62. The van der Waals surface area contributed by atoms with Gasteiger partial charge in [-0.2, -0.15) is 0 Å². The quantitative estimate of drug-likeness (QED) is 0.577. The van der Waals surface area contributed by atoms with Crippen LogP contribution in [0.25, 0.3) is 10.9 Å². The van der Waals surface area contributed by atoms with E-state index in [0.29, 0.717) is 34.4 Å². The van der Waals surface area contributed by atoms with Gasteiger partial charge in [-0.25, -0.2) is 14.4 Å². The molecule has 3 aromatic rings. The number of fused-ring (bicyclic) bond motifs is 1. The van der Waals surface area contributed by atoms with Gasteiger partial charge in [0.25, 0.3) is 0 Å². The predicted molar refractivity (Wildman–Crippen MR) is 116 cm³/mol. The molecule has 2 heterocycles. The van der Waals surface area contributed by atoms with Crippen LogP contribution >= 0.6 is 11.6 Å². The minimum Gasteiger partial charge on any atom is -0.493 e. The first-order chi connectivity index (χ1) is 14.6. The van der Waals surface area contributed by atoms with Crippen molar-refractivity contribution in [1.82, 2.24) is 15.3 Å². The highest BCUT2D eigenvalue weighted by Gasteiger charge is 2.26. The molecule has 0 amide bonds. The van der Waals surface area contributed by atoms with Crippen molar-refractivity contribution in [3.63, 3.8) is 0 Å². The standard InChI is InChI=1S/C22H24ClFN4O2/c1-3-13-11-25-7-6-19(13)30-21-9-15-18(10-20(21)29-2)26-12-27-22(15)28-14-4-5-17(24)16(23)8-14/h4-5,8-10,12-13,19,25H,3,6-7,11H2,1-2H3,(H,26,27,28). The number of piperidine rings is 1. The molecule has 1 aliphatic heterocycles. The van der Waals surface area contributed by atoms with Crippen molar-refractivity contribution >= 4 is 34.0 Å². The summed E-state index contributed by atoms with van der Waals surface area (Å²) in [5, 5.41) is 7.44. The highest BCUT2D eigenvalue weighted by atomic mass is 35.5. The van der Waals surface area contributed by atoms with Gasteiger partial charge in [0.05, 0.1) is 17.6 Å². The Morgan fingerprint density at radius 3 is 2.87 bits per heavy atom. The van der Waals surface area contributed by atoms with Crippen LogP contribution in [0.4, 0.5) is 15.9 Å². The molecule has 30 heavy (non-hydrogen) atoms. The van der Waals surface area contributed by atoms with E-state index in [1.54, 1.807) is 13.2 Å². The molecule has 8 heteroatoms. The average molecular weight is 431 g/mol. The van der Waals surface area contributed by atoms with E-state index >= 15 is 0 Å². The van der Waals surface area contributed by atoms with Gasteiger partial charge in [-0.05, 0) is 43.7 Å². The summed E-state index contributed by atoms with van der Waals surface area (Å²) in [4.78, 5) is 8.72. The molecule has 2 unspecified atom stereocenters. The molecule has 2 atom stereocenters. The first-order valence-corrected chi connectivity index (χ1v) is 10.4. The van der Waals surface area contributed by atoms with E-state index < -0.39 is 5.82 Å². The number of methoxy groups -OCH3 is 1. The number of hydrogen-bond acceptors (Lipinski definition) is 6. The number of hydrogen-bond donors (Lipinski definition) is 2. The molecule has 0 saturated carbocycles.